The van der Waals surface area contributed by atoms with E-state index in [-0.39, 0.29) is 11.5 Å². The molecule has 0 aliphatic carbocycles. The molecule has 14 heavy (non-hydrogen) atoms. The molecular formula is C12H19NO. The molecule has 3 unspecified atom stereocenters. The van der Waals surface area contributed by atoms with Gasteiger partial charge in [0.1, 0.15) is 0 Å². The van der Waals surface area contributed by atoms with E-state index in [1.807, 2.05) is 0 Å². The zero-order valence-corrected chi connectivity index (χ0v) is 9.12. The van der Waals surface area contributed by atoms with Gasteiger partial charge in [0.15, 0.2) is 0 Å². The predicted molar refractivity (Wildman–Crippen MR) is 54.6 cm³/mol. The lowest BCUT2D eigenvalue weighted by Crippen LogP contribution is -2.31. The number of ether oxygens (including phenoxy) is 1. The van der Waals surface area contributed by atoms with Crippen LogP contribution in [0.2, 0.25) is 0 Å². The van der Waals surface area contributed by atoms with Crippen molar-refractivity contribution in [2.75, 3.05) is 0 Å². The van der Waals surface area contributed by atoms with E-state index >= 15 is 0 Å². The summed E-state index contributed by atoms with van der Waals surface area (Å²) in [5.41, 5.74) is -0.132. The number of hydrogen-bond acceptors (Lipinski definition) is 2. The van der Waals surface area contributed by atoms with Gasteiger partial charge in [-0.3, -0.25) is 0 Å². The van der Waals surface area contributed by atoms with Gasteiger partial charge >= 0.3 is 0 Å². The minimum Gasteiger partial charge on any atom is -0.373 e. The Labute approximate surface area is 86.2 Å². The van der Waals surface area contributed by atoms with E-state index < -0.39 is 0 Å². The van der Waals surface area contributed by atoms with Crippen molar-refractivity contribution < 1.29 is 4.74 Å². The summed E-state index contributed by atoms with van der Waals surface area (Å²) in [6.45, 7) is 4.44. The summed E-state index contributed by atoms with van der Waals surface area (Å²) in [6, 6.07) is 2.54. The summed E-state index contributed by atoms with van der Waals surface area (Å²) < 4.78 is 5.79. The molecule has 78 valence electrons. The van der Waals surface area contributed by atoms with E-state index in [2.05, 4.69) is 19.9 Å². The monoisotopic (exact) mass is 193 g/mol. The van der Waals surface area contributed by atoms with Crippen molar-refractivity contribution in [3.05, 3.63) is 0 Å². The van der Waals surface area contributed by atoms with Crippen LogP contribution in [0.4, 0.5) is 0 Å². The molecule has 0 aromatic carbocycles. The minimum atomic E-state index is -0.132. The highest BCUT2D eigenvalue weighted by atomic mass is 16.5. The largest absolute Gasteiger partial charge is 0.373 e. The molecule has 2 saturated heterocycles. The van der Waals surface area contributed by atoms with E-state index in [1.165, 1.54) is 6.42 Å². The second-order valence-corrected chi connectivity index (χ2v) is 5.23. The van der Waals surface area contributed by atoms with Crippen LogP contribution in [0.1, 0.15) is 46.0 Å². The van der Waals surface area contributed by atoms with Gasteiger partial charge in [0, 0.05) is 0 Å². The van der Waals surface area contributed by atoms with Gasteiger partial charge in [-0.2, -0.15) is 5.26 Å². The maximum absolute atomic E-state index is 9.32. The molecule has 2 heterocycles. The minimum absolute atomic E-state index is 0.132. The fraction of sp³-hybridized carbons (Fsp3) is 0.917. The van der Waals surface area contributed by atoms with Crippen LogP contribution in [0.5, 0.6) is 0 Å². The van der Waals surface area contributed by atoms with Crippen LogP contribution in [0, 0.1) is 22.7 Å². The Kier molecular flexibility index (Phi) is 2.53. The summed E-state index contributed by atoms with van der Waals surface area (Å²) in [5, 5.41) is 9.32. The number of fused-ring (bicyclic) bond motifs is 2. The lowest BCUT2D eigenvalue weighted by atomic mass is 9.71. The first-order valence-corrected chi connectivity index (χ1v) is 5.73. The Bertz CT molecular complexity index is 256. The molecule has 2 bridgehead atoms. The lowest BCUT2D eigenvalue weighted by molar-refractivity contribution is 0.0747. The molecule has 2 heteroatoms. The van der Waals surface area contributed by atoms with Gasteiger partial charge in [-0.25, -0.2) is 0 Å². The van der Waals surface area contributed by atoms with Crippen molar-refractivity contribution in [3.8, 4) is 6.07 Å². The molecule has 0 radical (unpaired) electrons. The Morgan fingerprint density at radius 3 is 2.71 bits per heavy atom. The van der Waals surface area contributed by atoms with Crippen LogP contribution in [0.25, 0.3) is 0 Å². The first kappa shape index (κ1) is 9.98. The molecule has 0 amide bonds. The van der Waals surface area contributed by atoms with E-state index in [1.54, 1.807) is 0 Å². The second kappa shape index (κ2) is 3.55. The summed E-state index contributed by atoms with van der Waals surface area (Å²) in [5.74, 6) is 0.694. The molecule has 0 spiro atoms. The highest BCUT2D eigenvalue weighted by Gasteiger charge is 2.52. The molecule has 0 saturated carbocycles. The smallest absolute Gasteiger partial charge is 0.0859 e. The molecule has 2 fully saturated rings. The number of rotatable bonds is 3. The van der Waals surface area contributed by atoms with Crippen LogP contribution in [0.3, 0.4) is 0 Å². The molecule has 2 nitrogen and oxygen atoms in total. The first-order chi connectivity index (χ1) is 6.66. The topological polar surface area (TPSA) is 33.0 Å². The molecular weight excluding hydrogens is 174 g/mol. The van der Waals surface area contributed by atoms with E-state index in [9.17, 15) is 5.26 Å². The Morgan fingerprint density at radius 2 is 2.29 bits per heavy atom. The average molecular weight is 193 g/mol. The highest BCUT2D eigenvalue weighted by molar-refractivity contribution is 5.12. The molecule has 2 aliphatic heterocycles. The summed E-state index contributed by atoms with van der Waals surface area (Å²) in [4.78, 5) is 0. The third-order valence-corrected chi connectivity index (χ3v) is 3.71. The van der Waals surface area contributed by atoms with Crippen LogP contribution < -0.4 is 0 Å². The SMILES string of the molecule is CC(C)CCC1(C#N)CC2CCC1O2. The third kappa shape index (κ3) is 1.54. The van der Waals surface area contributed by atoms with Crippen LogP contribution in [-0.2, 0) is 4.74 Å². The summed E-state index contributed by atoms with van der Waals surface area (Å²) in [7, 11) is 0. The van der Waals surface area contributed by atoms with Crippen LogP contribution in [-0.4, -0.2) is 12.2 Å². The van der Waals surface area contributed by atoms with E-state index in [4.69, 9.17) is 4.74 Å². The van der Waals surface area contributed by atoms with Crippen molar-refractivity contribution in [2.45, 2.75) is 58.2 Å². The van der Waals surface area contributed by atoms with Crippen molar-refractivity contribution in [1.29, 1.82) is 5.26 Å². The quantitative estimate of drug-likeness (QED) is 0.690. The Morgan fingerprint density at radius 1 is 1.50 bits per heavy atom. The zero-order chi connectivity index (χ0) is 10.2. The van der Waals surface area contributed by atoms with Crippen LogP contribution in [0.15, 0.2) is 0 Å². The molecule has 0 N–H and O–H groups in total. The van der Waals surface area contributed by atoms with Crippen molar-refractivity contribution >= 4 is 0 Å². The Hall–Kier alpha value is -0.550. The van der Waals surface area contributed by atoms with Gasteiger partial charge in [-0.05, 0) is 38.0 Å². The van der Waals surface area contributed by atoms with E-state index in [0.29, 0.717) is 12.0 Å². The average Bonchev–Trinajstić information content (AvgIpc) is 2.74. The lowest BCUT2D eigenvalue weighted by Gasteiger charge is -2.28. The van der Waals surface area contributed by atoms with Gasteiger partial charge in [-0.15, -0.1) is 0 Å². The maximum Gasteiger partial charge on any atom is 0.0859 e. The van der Waals surface area contributed by atoms with Crippen molar-refractivity contribution in [2.24, 2.45) is 11.3 Å². The number of nitriles is 1. The van der Waals surface area contributed by atoms with Crippen molar-refractivity contribution in [1.82, 2.24) is 0 Å². The van der Waals surface area contributed by atoms with Crippen LogP contribution >= 0.6 is 0 Å². The van der Waals surface area contributed by atoms with Gasteiger partial charge in [0.05, 0.1) is 23.7 Å². The van der Waals surface area contributed by atoms with Gasteiger partial charge in [0.25, 0.3) is 0 Å². The number of nitrogens with zero attached hydrogens (tertiary/aromatic N) is 1. The standard InChI is InChI=1S/C12H19NO/c1-9(2)5-6-12(8-13)7-10-3-4-11(12)14-10/h9-11H,3-7H2,1-2H3. The summed E-state index contributed by atoms with van der Waals surface area (Å²) in [6.07, 6.45) is 6.10. The molecule has 0 aromatic heterocycles. The Balaban J connectivity index is 2.01. The fourth-order valence-corrected chi connectivity index (χ4v) is 2.78. The normalized spacial score (nSPS) is 40.4. The van der Waals surface area contributed by atoms with Gasteiger partial charge in [-0.1, -0.05) is 13.8 Å². The fourth-order valence-electron chi connectivity index (χ4n) is 2.78. The predicted octanol–water partition coefficient (Wildman–Crippen LogP) is 2.88. The number of hydrogen-bond donors (Lipinski definition) is 0. The van der Waals surface area contributed by atoms with E-state index in [0.717, 1.165) is 25.7 Å². The van der Waals surface area contributed by atoms with Gasteiger partial charge < -0.3 is 4.74 Å². The summed E-state index contributed by atoms with van der Waals surface area (Å²) >= 11 is 0. The molecule has 3 atom stereocenters. The molecule has 2 rings (SSSR count). The molecule has 2 aliphatic rings. The third-order valence-electron chi connectivity index (χ3n) is 3.71. The first-order valence-electron chi connectivity index (χ1n) is 5.73. The highest BCUT2D eigenvalue weighted by Crippen LogP contribution is 2.50. The van der Waals surface area contributed by atoms with Crippen molar-refractivity contribution in [3.63, 3.8) is 0 Å². The zero-order valence-electron chi connectivity index (χ0n) is 9.12. The molecule has 0 aromatic rings. The van der Waals surface area contributed by atoms with Gasteiger partial charge in [0.2, 0.25) is 0 Å². The maximum atomic E-state index is 9.32. The second-order valence-electron chi connectivity index (χ2n) is 5.23.